The number of non-ortho nitro benzene ring substituents is 1. The Balaban J connectivity index is 1.94. The number of rotatable bonds is 5. The number of aliphatic carboxylic acids is 1. The molecule has 10 heteroatoms. The molecule has 0 bridgehead atoms. The van der Waals surface area contributed by atoms with Crippen LogP contribution in [0.3, 0.4) is 0 Å². The van der Waals surface area contributed by atoms with Crippen LogP contribution in [0.25, 0.3) is 22.4 Å². The number of carbonyl (C=O) groups is 2. The highest BCUT2D eigenvalue weighted by Crippen LogP contribution is 2.39. The van der Waals surface area contributed by atoms with E-state index in [-0.39, 0.29) is 35.8 Å². The zero-order valence-corrected chi connectivity index (χ0v) is 17.0. The Labute approximate surface area is 187 Å². The standard InChI is InChI=1S/C23H16N4O6/c24-11-18-17(16-3-1-2-4-20(16)28)10-19(13-5-7-15(8-6-13)27(32)33)25-22(18)26-12-14(23(30)31)9-21(26)29/h1-8,10,14,28H,9,12H2,(H,30,31). The monoisotopic (exact) mass is 444 g/mol. The molecule has 0 aliphatic carbocycles. The number of benzene rings is 2. The van der Waals surface area contributed by atoms with Gasteiger partial charge in [-0.1, -0.05) is 18.2 Å². The molecule has 1 saturated heterocycles. The minimum Gasteiger partial charge on any atom is -0.507 e. The maximum Gasteiger partial charge on any atom is 0.308 e. The molecule has 0 saturated carbocycles. The second kappa shape index (κ2) is 8.39. The minimum absolute atomic E-state index is 0.00144. The molecule has 2 N–H and O–H groups in total. The van der Waals surface area contributed by atoms with Gasteiger partial charge in [0, 0.05) is 41.8 Å². The van der Waals surface area contributed by atoms with Gasteiger partial charge in [-0.05, 0) is 24.3 Å². The number of para-hydroxylation sites is 1. The molecule has 1 aliphatic rings. The van der Waals surface area contributed by atoms with Crippen LogP contribution in [0.1, 0.15) is 12.0 Å². The van der Waals surface area contributed by atoms with Crippen LogP contribution < -0.4 is 4.90 Å². The summed E-state index contributed by atoms with van der Waals surface area (Å²) in [5.74, 6) is -2.69. The van der Waals surface area contributed by atoms with Crippen LogP contribution in [0.5, 0.6) is 5.75 Å². The predicted molar refractivity (Wildman–Crippen MR) is 116 cm³/mol. The van der Waals surface area contributed by atoms with E-state index in [1.54, 1.807) is 24.3 Å². The first-order chi connectivity index (χ1) is 15.8. The van der Waals surface area contributed by atoms with E-state index < -0.39 is 22.7 Å². The fourth-order valence-corrected chi connectivity index (χ4v) is 3.73. The second-order valence-electron chi connectivity index (χ2n) is 7.43. The lowest BCUT2D eigenvalue weighted by Gasteiger charge is -2.20. The van der Waals surface area contributed by atoms with Crippen LogP contribution in [0, 0.1) is 27.4 Å². The van der Waals surface area contributed by atoms with Crippen molar-refractivity contribution >= 4 is 23.4 Å². The summed E-state index contributed by atoms with van der Waals surface area (Å²) >= 11 is 0. The van der Waals surface area contributed by atoms with Crippen molar-refractivity contribution in [1.82, 2.24) is 4.98 Å². The summed E-state index contributed by atoms with van der Waals surface area (Å²) in [6.07, 6.45) is -0.227. The SMILES string of the molecule is N#Cc1c(-c2ccccc2O)cc(-c2ccc([N+](=O)[O-])cc2)nc1N1CC(C(=O)O)CC1=O. The topological polar surface area (TPSA) is 158 Å². The van der Waals surface area contributed by atoms with Crippen molar-refractivity contribution < 1.29 is 24.7 Å². The van der Waals surface area contributed by atoms with Gasteiger partial charge in [0.2, 0.25) is 5.91 Å². The first-order valence-electron chi connectivity index (χ1n) is 9.81. The number of carboxylic acid groups (broad SMARTS) is 1. The fourth-order valence-electron chi connectivity index (χ4n) is 3.73. The Bertz CT molecular complexity index is 1330. The van der Waals surface area contributed by atoms with Gasteiger partial charge in [0.1, 0.15) is 17.4 Å². The zero-order chi connectivity index (χ0) is 23.7. The first kappa shape index (κ1) is 21.5. The summed E-state index contributed by atoms with van der Waals surface area (Å²) in [6.45, 7) is -0.153. The normalized spacial score (nSPS) is 15.3. The van der Waals surface area contributed by atoms with Crippen molar-refractivity contribution in [3.63, 3.8) is 0 Å². The van der Waals surface area contributed by atoms with Crippen LogP contribution in [0.4, 0.5) is 11.5 Å². The summed E-state index contributed by atoms with van der Waals surface area (Å²) in [4.78, 5) is 40.1. The van der Waals surface area contributed by atoms with Gasteiger partial charge >= 0.3 is 5.97 Å². The van der Waals surface area contributed by atoms with Crippen molar-refractivity contribution in [2.45, 2.75) is 6.42 Å². The number of aromatic hydroxyl groups is 1. The number of nitro benzene ring substituents is 1. The van der Waals surface area contributed by atoms with Crippen LogP contribution in [0.15, 0.2) is 54.6 Å². The molecule has 1 atom stereocenters. The second-order valence-corrected chi connectivity index (χ2v) is 7.43. The van der Waals surface area contributed by atoms with E-state index in [9.17, 15) is 35.2 Å². The molecule has 1 aromatic heterocycles. The average Bonchev–Trinajstić information content (AvgIpc) is 3.20. The van der Waals surface area contributed by atoms with Gasteiger partial charge in [0.25, 0.3) is 5.69 Å². The molecule has 164 valence electrons. The number of pyridine rings is 1. The number of aromatic nitrogens is 1. The lowest BCUT2D eigenvalue weighted by molar-refractivity contribution is -0.384. The van der Waals surface area contributed by atoms with E-state index in [0.717, 1.165) is 4.90 Å². The summed E-state index contributed by atoms with van der Waals surface area (Å²) < 4.78 is 0. The fraction of sp³-hybridized carbons (Fsp3) is 0.130. The van der Waals surface area contributed by atoms with Crippen LogP contribution >= 0.6 is 0 Å². The Morgan fingerprint density at radius 3 is 2.45 bits per heavy atom. The summed E-state index contributed by atoms with van der Waals surface area (Å²) in [5.41, 5.74) is 1.27. The van der Waals surface area contributed by atoms with Crippen molar-refractivity contribution in [2.75, 3.05) is 11.4 Å². The maximum atomic E-state index is 12.6. The lowest BCUT2D eigenvalue weighted by Crippen LogP contribution is -2.28. The van der Waals surface area contributed by atoms with E-state index >= 15 is 0 Å². The van der Waals surface area contributed by atoms with Crippen molar-refractivity contribution in [1.29, 1.82) is 5.26 Å². The number of phenols is 1. The molecule has 10 nitrogen and oxygen atoms in total. The molecule has 33 heavy (non-hydrogen) atoms. The Morgan fingerprint density at radius 1 is 1.18 bits per heavy atom. The average molecular weight is 444 g/mol. The van der Waals surface area contributed by atoms with E-state index in [1.165, 1.54) is 30.3 Å². The third-order valence-corrected chi connectivity index (χ3v) is 5.41. The molecule has 3 aromatic rings. The van der Waals surface area contributed by atoms with Gasteiger partial charge in [-0.2, -0.15) is 5.26 Å². The number of hydrogen-bond acceptors (Lipinski definition) is 7. The number of phenolic OH excluding ortho intramolecular Hbond substituents is 1. The van der Waals surface area contributed by atoms with E-state index in [4.69, 9.17) is 0 Å². The molecule has 1 aliphatic heterocycles. The zero-order valence-electron chi connectivity index (χ0n) is 17.0. The molecule has 4 rings (SSSR count). The lowest BCUT2D eigenvalue weighted by atomic mass is 9.97. The van der Waals surface area contributed by atoms with Gasteiger partial charge < -0.3 is 10.2 Å². The van der Waals surface area contributed by atoms with Crippen LogP contribution in [0.2, 0.25) is 0 Å². The predicted octanol–water partition coefficient (Wildman–Crippen LogP) is 3.34. The third-order valence-electron chi connectivity index (χ3n) is 5.41. The highest BCUT2D eigenvalue weighted by atomic mass is 16.6. The van der Waals surface area contributed by atoms with Crippen molar-refractivity contribution in [3.05, 3.63) is 70.3 Å². The molecule has 1 fully saturated rings. The highest BCUT2D eigenvalue weighted by molar-refractivity contribution is 6.01. The Morgan fingerprint density at radius 2 is 1.88 bits per heavy atom. The van der Waals surface area contributed by atoms with Crippen LogP contribution in [-0.4, -0.2) is 38.5 Å². The largest absolute Gasteiger partial charge is 0.507 e. The molecule has 0 radical (unpaired) electrons. The van der Waals surface area contributed by atoms with Gasteiger partial charge in [-0.15, -0.1) is 0 Å². The Kier molecular flexibility index (Phi) is 5.46. The van der Waals surface area contributed by atoms with Gasteiger partial charge in [-0.25, -0.2) is 4.98 Å². The van der Waals surface area contributed by atoms with Crippen molar-refractivity contribution in [3.8, 4) is 34.2 Å². The number of anilines is 1. The van der Waals surface area contributed by atoms with E-state index in [1.807, 2.05) is 6.07 Å². The molecule has 1 amide bonds. The van der Waals surface area contributed by atoms with Gasteiger partial charge in [-0.3, -0.25) is 24.6 Å². The van der Waals surface area contributed by atoms with Gasteiger partial charge in [0.15, 0.2) is 5.82 Å². The molecule has 1 unspecified atom stereocenters. The molecular formula is C23H16N4O6. The number of nitrogens with zero attached hydrogens (tertiary/aromatic N) is 4. The Hall–Kier alpha value is -4.78. The maximum absolute atomic E-state index is 12.6. The van der Waals surface area contributed by atoms with E-state index in [0.29, 0.717) is 22.4 Å². The number of nitriles is 1. The van der Waals surface area contributed by atoms with Gasteiger partial charge in [0.05, 0.1) is 16.5 Å². The summed E-state index contributed by atoms with van der Waals surface area (Å²) in [7, 11) is 0. The number of hydrogen-bond donors (Lipinski definition) is 2. The molecule has 2 heterocycles. The number of carbonyl (C=O) groups excluding carboxylic acids is 1. The third kappa shape index (κ3) is 3.95. The van der Waals surface area contributed by atoms with Crippen molar-refractivity contribution in [2.24, 2.45) is 5.92 Å². The quantitative estimate of drug-likeness (QED) is 0.448. The highest BCUT2D eigenvalue weighted by Gasteiger charge is 2.37. The number of nitro groups is 1. The summed E-state index contributed by atoms with van der Waals surface area (Å²) in [6, 6.07) is 15.5. The number of carboxylic acids is 1. The molecule has 2 aromatic carbocycles. The van der Waals surface area contributed by atoms with E-state index in [2.05, 4.69) is 4.98 Å². The smallest absolute Gasteiger partial charge is 0.308 e. The summed E-state index contributed by atoms with van der Waals surface area (Å²) in [5, 5.41) is 40.7. The van der Waals surface area contributed by atoms with Crippen LogP contribution in [-0.2, 0) is 9.59 Å². The molecular weight excluding hydrogens is 428 g/mol. The molecule has 0 spiro atoms. The number of amides is 1. The first-order valence-corrected chi connectivity index (χ1v) is 9.81. The minimum atomic E-state index is -1.13.